The average Bonchev–Trinajstić information content (AvgIpc) is 3.20. The molecule has 142 valence electrons. The fraction of sp³-hybridized carbons (Fsp3) is 0.0952. The van der Waals surface area contributed by atoms with Crippen molar-refractivity contribution >= 4 is 22.4 Å². The molecule has 8 heteroatoms. The number of anilines is 1. The Labute approximate surface area is 166 Å². The van der Waals surface area contributed by atoms with Crippen LogP contribution in [0.25, 0.3) is 27.9 Å². The van der Waals surface area contributed by atoms with E-state index in [-0.39, 0.29) is 0 Å². The van der Waals surface area contributed by atoms with Crippen molar-refractivity contribution in [1.29, 1.82) is 0 Å². The van der Waals surface area contributed by atoms with Crippen molar-refractivity contribution in [2.45, 2.75) is 6.54 Å². The summed E-state index contributed by atoms with van der Waals surface area (Å²) < 4.78 is 6.98. The maximum Gasteiger partial charge on any atom is 0.178 e. The zero-order chi connectivity index (χ0) is 19.6. The number of hydrogen-bond donors (Lipinski definition) is 1. The molecule has 8 nitrogen and oxygen atoms in total. The molecule has 5 rings (SSSR count). The van der Waals surface area contributed by atoms with E-state index in [0.717, 1.165) is 28.0 Å². The van der Waals surface area contributed by atoms with Crippen LogP contribution < -0.4 is 10.1 Å². The van der Waals surface area contributed by atoms with Gasteiger partial charge in [-0.25, -0.2) is 4.98 Å². The molecule has 4 aromatic heterocycles. The SMILES string of the molecule is COc1cnc2c(NCc3nnc4ccc(-c5ccccc5)nn34)ccnc2c1. The highest BCUT2D eigenvalue weighted by Gasteiger charge is 2.10. The molecule has 0 fully saturated rings. The summed E-state index contributed by atoms with van der Waals surface area (Å²) in [6.07, 6.45) is 3.41. The van der Waals surface area contributed by atoms with E-state index in [4.69, 9.17) is 9.84 Å². The van der Waals surface area contributed by atoms with Crippen LogP contribution in [0.1, 0.15) is 5.82 Å². The topological polar surface area (TPSA) is 90.1 Å². The molecule has 0 atom stereocenters. The fourth-order valence-electron chi connectivity index (χ4n) is 3.15. The van der Waals surface area contributed by atoms with Crippen LogP contribution in [0.15, 0.2) is 67.0 Å². The highest BCUT2D eigenvalue weighted by atomic mass is 16.5. The minimum Gasteiger partial charge on any atom is -0.495 e. The van der Waals surface area contributed by atoms with Gasteiger partial charge in [-0.1, -0.05) is 30.3 Å². The molecule has 4 heterocycles. The third kappa shape index (κ3) is 3.20. The molecule has 0 spiro atoms. The molecule has 1 aromatic carbocycles. The summed E-state index contributed by atoms with van der Waals surface area (Å²) in [5, 5.41) is 16.6. The fourth-order valence-corrected chi connectivity index (χ4v) is 3.15. The minimum atomic E-state index is 0.444. The Balaban J connectivity index is 1.46. The molecular formula is C21H17N7O. The van der Waals surface area contributed by atoms with Gasteiger partial charge in [0.25, 0.3) is 0 Å². The van der Waals surface area contributed by atoms with Crippen molar-refractivity contribution in [3.05, 3.63) is 72.8 Å². The van der Waals surface area contributed by atoms with Crippen LogP contribution in [-0.2, 0) is 6.54 Å². The molecule has 0 aliphatic rings. The van der Waals surface area contributed by atoms with Gasteiger partial charge in [0, 0.05) is 17.8 Å². The number of nitrogens with zero attached hydrogens (tertiary/aromatic N) is 6. The second-order valence-electron chi connectivity index (χ2n) is 6.43. The predicted octanol–water partition coefficient (Wildman–Crippen LogP) is 3.36. The Kier molecular flexibility index (Phi) is 4.21. The van der Waals surface area contributed by atoms with Gasteiger partial charge >= 0.3 is 0 Å². The predicted molar refractivity (Wildman–Crippen MR) is 110 cm³/mol. The van der Waals surface area contributed by atoms with Crippen molar-refractivity contribution in [3.63, 3.8) is 0 Å². The number of hydrogen-bond acceptors (Lipinski definition) is 7. The molecule has 0 radical (unpaired) electrons. The lowest BCUT2D eigenvalue weighted by Crippen LogP contribution is -2.07. The van der Waals surface area contributed by atoms with Gasteiger partial charge in [-0.2, -0.15) is 9.61 Å². The number of fused-ring (bicyclic) bond motifs is 2. The summed E-state index contributed by atoms with van der Waals surface area (Å²) >= 11 is 0. The Morgan fingerprint density at radius 1 is 1.00 bits per heavy atom. The minimum absolute atomic E-state index is 0.444. The highest BCUT2D eigenvalue weighted by molar-refractivity contribution is 5.87. The molecule has 0 amide bonds. The van der Waals surface area contributed by atoms with E-state index in [1.54, 1.807) is 24.0 Å². The second kappa shape index (κ2) is 7.16. The average molecular weight is 383 g/mol. The molecule has 0 saturated carbocycles. The molecule has 0 unspecified atom stereocenters. The third-order valence-corrected chi connectivity index (χ3v) is 4.62. The first-order valence-electron chi connectivity index (χ1n) is 9.11. The lowest BCUT2D eigenvalue weighted by molar-refractivity contribution is 0.413. The molecule has 0 aliphatic carbocycles. The van der Waals surface area contributed by atoms with Gasteiger partial charge in [-0.15, -0.1) is 10.2 Å². The number of methoxy groups -OCH3 is 1. The van der Waals surface area contributed by atoms with E-state index in [2.05, 4.69) is 25.5 Å². The van der Waals surface area contributed by atoms with Crippen LogP contribution in [0.5, 0.6) is 5.75 Å². The second-order valence-corrected chi connectivity index (χ2v) is 6.43. The van der Waals surface area contributed by atoms with Crippen LogP contribution in [0.4, 0.5) is 5.69 Å². The summed E-state index contributed by atoms with van der Waals surface area (Å²) in [5.41, 5.74) is 4.98. The van der Waals surface area contributed by atoms with E-state index in [1.165, 1.54) is 0 Å². The van der Waals surface area contributed by atoms with Gasteiger partial charge in [0.1, 0.15) is 11.3 Å². The number of ether oxygens (including phenoxy) is 1. The van der Waals surface area contributed by atoms with Crippen LogP contribution in [0.2, 0.25) is 0 Å². The normalized spacial score (nSPS) is 11.1. The largest absolute Gasteiger partial charge is 0.495 e. The number of benzene rings is 1. The molecule has 29 heavy (non-hydrogen) atoms. The lowest BCUT2D eigenvalue weighted by Gasteiger charge is -2.09. The first-order valence-corrected chi connectivity index (χ1v) is 9.11. The number of pyridine rings is 2. The number of aromatic nitrogens is 6. The molecule has 0 aliphatic heterocycles. The monoisotopic (exact) mass is 383 g/mol. The van der Waals surface area contributed by atoms with Crippen LogP contribution in [0.3, 0.4) is 0 Å². The van der Waals surface area contributed by atoms with E-state index in [1.807, 2.05) is 54.6 Å². The summed E-state index contributed by atoms with van der Waals surface area (Å²) in [4.78, 5) is 8.82. The smallest absolute Gasteiger partial charge is 0.178 e. The molecule has 0 saturated heterocycles. The first kappa shape index (κ1) is 17.1. The number of nitrogens with one attached hydrogen (secondary N) is 1. The maximum atomic E-state index is 5.22. The summed E-state index contributed by atoms with van der Waals surface area (Å²) in [7, 11) is 1.61. The quantitative estimate of drug-likeness (QED) is 0.498. The van der Waals surface area contributed by atoms with Gasteiger partial charge in [0.05, 0.1) is 36.7 Å². The Morgan fingerprint density at radius 3 is 2.76 bits per heavy atom. The maximum absolute atomic E-state index is 5.22. The van der Waals surface area contributed by atoms with Crippen molar-refractivity contribution in [2.75, 3.05) is 12.4 Å². The van der Waals surface area contributed by atoms with E-state index < -0.39 is 0 Å². The van der Waals surface area contributed by atoms with Gasteiger partial charge in [-0.3, -0.25) is 4.98 Å². The van der Waals surface area contributed by atoms with E-state index >= 15 is 0 Å². The van der Waals surface area contributed by atoms with Crippen molar-refractivity contribution in [3.8, 4) is 17.0 Å². The standard InChI is InChI=1S/C21H17N7O/c1-29-15-11-18-21(24-12-15)17(9-10-22-18)23-13-20-26-25-19-8-7-16(27-28(19)20)14-5-3-2-4-6-14/h2-12H,13H2,1H3,(H,22,23). The summed E-state index contributed by atoms with van der Waals surface area (Å²) in [5.74, 6) is 1.37. The Hall–Kier alpha value is -4.07. The highest BCUT2D eigenvalue weighted by Crippen LogP contribution is 2.23. The molecule has 1 N–H and O–H groups in total. The van der Waals surface area contributed by atoms with Gasteiger partial charge in [0.15, 0.2) is 11.5 Å². The van der Waals surface area contributed by atoms with Gasteiger partial charge in [-0.05, 0) is 18.2 Å². The van der Waals surface area contributed by atoms with Crippen molar-refractivity contribution in [2.24, 2.45) is 0 Å². The zero-order valence-corrected chi connectivity index (χ0v) is 15.6. The van der Waals surface area contributed by atoms with Crippen LogP contribution >= 0.6 is 0 Å². The van der Waals surface area contributed by atoms with Gasteiger partial charge < -0.3 is 10.1 Å². The van der Waals surface area contributed by atoms with Crippen molar-refractivity contribution < 1.29 is 4.74 Å². The molecular weight excluding hydrogens is 366 g/mol. The lowest BCUT2D eigenvalue weighted by atomic mass is 10.1. The van der Waals surface area contributed by atoms with Crippen molar-refractivity contribution in [1.82, 2.24) is 29.8 Å². The van der Waals surface area contributed by atoms with Crippen LogP contribution in [-0.4, -0.2) is 36.9 Å². The van der Waals surface area contributed by atoms with E-state index in [0.29, 0.717) is 23.8 Å². The van der Waals surface area contributed by atoms with Gasteiger partial charge in [0.2, 0.25) is 0 Å². The Morgan fingerprint density at radius 2 is 1.90 bits per heavy atom. The third-order valence-electron chi connectivity index (χ3n) is 4.62. The van der Waals surface area contributed by atoms with Crippen LogP contribution in [0, 0.1) is 0 Å². The number of rotatable bonds is 5. The first-order chi connectivity index (χ1) is 14.3. The summed E-state index contributed by atoms with van der Waals surface area (Å²) in [6.45, 7) is 0.444. The van der Waals surface area contributed by atoms with E-state index in [9.17, 15) is 0 Å². The summed E-state index contributed by atoms with van der Waals surface area (Å²) in [6, 6.07) is 17.6. The molecule has 0 bridgehead atoms. The molecule has 5 aromatic rings. The Bertz CT molecular complexity index is 1300. The zero-order valence-electron chi connectivity index (χ0n) is 15.6.